The van der Waals surface area contributed by atoms with Crippen LogP contribution in [0.25, 0.3) is 11.0 Å². The number of nitriles is 1. The Morgan fingerprint density at radius 2 is 2.25 bits per heavy atom. The summed E-state index contributed by atoms with van der Waals surface area (Å²) in [5, 5.41) is 8.73. The molecule has 0 amide bonds. The zero-order valence-corrected chi connectivity index (χ0v) is 9.24. The van der Waals surface area contributed by atoms with Crippen molar-refractivity contribution in [2.75, 3.05) is 0 Å². The van der Waals surface area contributed by atoms with Crippen LogP contribution in [0.3, 0.4) is 0 Å². The van der Waals surface area contributed by atoms with Gasteiger partial charge in [0.15, 0.2) is 0 Å². The molecule has 0 radical (unpaired) electrons. The molecule has 2 rings (SSSR count). The van der Waals surface area contributed by atoms with E-state index in [9.17, 15) is 4.39 Å². The Morgan fingerprint density at radius 3 is 2.88 bits per heavy atom. The molecule has 0 bridgehead atoms. The van der Waals surface area contributed by atoms with Crippen LogP contribution < -0.4 is 0 Å². The normalized spacial score (nSPS) is 10.9. The first-order chi connectivity index (χ1) is 7.63. The second kappa shape index (κ2) is 3.93. The summed E-state index contributed by atoms with van der Waals surface area (Å²) in [5.41, 5.74) is 1.49. The zero-order valence-electron chi connectivity index (χ0n) is 9.24. The van der Waals surface area contributed by atoms with Gasteiger partial charge >= 0.3 is 0 Å². The maximum absolute atomic E-state index is 13.1. The van der Waals surface area contributed by atoms with Crippen molar-refractivity contribution in [1.82, 2.24) is 9.55 Å². The topological polar surface area (TPSA) is 41.6 Å². The van der Waals surface area contributed by atoms with Crippen molar-refractivity contribution in [3.8, 4) is 6.07 Å². The van der Waals surface area contributed by atoms with Gasteiger partial charge in [0.05, 0.1) is 23.5 Å². The molecule has 0 aliphatic rings. The fourth-order valence-corrected chi connectivity index (χ4v) is 1.89. The van der Waals surface area contributed by atoms with Crippen LogP contribution >= 0.6 is 0 Å². The molecule has 4 heteroatoms. The number of hydrogen-bond donors (Lipinski definition) is 0. The van der Waals surface area contributed by atoms with Crippen LogP contribution in [0.4, 0.5) is 4.39 Å². The van der Waals surface area contributed by atoms with Crippen LogP contribution in [0.2, 0.25) is 0 Å². The quantitative estimate of drug-likeness (QED) is 0.776. The van der Waals surface area contributed by atoms with E-state index in [1.54, 1.807) is 6.07 Å². The highest BCUT2D eigenvalue weighted by Crippen LogP contribution is 2.22. The minimum Gasteiger partial charge on any atom is -0.325 e. The summed E-state index contributed by atoms with van der Waals surface area (Å²) in [6.07, 6.45) is 0.245. The predicted molar refractivity (Wildman–Crippen MR) is 59.4 cm³/mol. The number of aromatic nitrogens is 2. The molecule has 16 heavy (non-hydrogen) atoms. The summed E-state index contributed by atoms with van der Waals surface area (Å²) < 4.78 is 15.0. The molecule has 0 atom stereocenters. The van der Waals surface area contributed by atoms with Gasteiger partial charge in [0, 0.05) is 12.1 Å². The summed E-state index contributed by atoms with van der Waals surface area (Å²) in [7, 11) is 0. The maximum atomic E-state index is 13.1. The molecule has 1 heterocycles. The number of benzene rings is 1. The number of fused-ring (bicyclic) bond motifs is 1. The van der Waals surface area contributed by atoms with Crippen LogP contribution in [-0.4, -0.2) is 9.55 Å². The first kappa shape index (κ1) is 10.6. The third kappa shape index (κ3) is 1.65. The molecule has 3 nitrogen and oxygen atoms in total. The first-order valence-electron chi connectivity index (χ1n) is 5.17. The summed E-state index contributed by atoms with van der Waals surface area (Å²) in [6, 6.07) is 6.81. The highest BCUT2D eigenvalue weighted by atomic mass is 19.1. The number of nitrogens with zero attached hydrogens (tertiary/aromatic N) is 3. The van der Waals surface area contributed by atoms with Crippen LogP contribution in [-0.2, 0) is 6.42 Å². The largest absolute Gasteiger partial charge is 0.325 e. The van der Waals surface area contributed by atoms with Crippen molar-refractivity contribution in [3.63, 3.8) is 0 Å². The second-order valence-electron chi connectivity index (χ2n) is 3.96. The number of rotatable bonds is 2. The zero-order chi connectivity index (χ0) is 11.7. The van der Waals surface area contributed by atoms with Gasteiger partial charge in [-0.15, -0.1) is 0 Å². The Kier molecular flexibility index (Phi) is 2.61. The van der Waals surface area contributed by atoms with Crippen LogP contribution in [0.15, 0.2) is 18.2 Å². The molecular weight excluding hydrogens is 205 g/mol. The Balaban J connectivity index is 2.71. The van der Waals surface area contributed by atoms with E-state index in [-0.39, 0.29) is 18.3 Å². The van der Waals surface area contributed by atoms with Crippen molar-refractivity contribution in [2.24, 2.45) is 0 Å². The molecule has 0 unspecified atom stereocenters. The third-order valence-corrected chi connectivity index (χ3v) is 2.48. The summed E-state index contributed by atoms with van der Waals surface area (Å²) in [4.78, 5) is 4.28. The van der Waals surface area contributed by atoms with Crippen molar-refractivity contribution >= 4 is 11.0 Å². The van der Waals surface area contributed by atoms with Gasteiger partial charge in [0.2, 0.25) is 0 Å². The molecule has 0 aliphatic heterocycles. The first-order valence-corrected chi connectivity index (χ1v) is 5.17. The van der Waals surface area contributed by atoms with Gasteiger partial charge in [-0.1, -0.05) is 0 Å². The molecule has 0 saturated carbocycles. The van der Waals surface area contributed by atoms with Crippen molar-refractivity contribution in [1.29, 1.82) is 5.26 Å². The highest BCUT2D eigenvalue weighted by molar-refractivity contribution is 5.76. The molecular formula is C12H12FN3. The molecule has 82 valence electrons. The Labute approximate surface area is 93.1 Å². The standard InChI is InChI=1S/C12H12FN3/c1-8(2)16-11-4-3-9(13)7-10(11)15-12(16)5-6-14/h3-4,7-8H,5H2,1-2H3. The van der Waals surface area contributed by atoms with E-state index < -0.39 is 0 Å². The van der Waals surface area contributed by atoms with Gasteiger partial charge in [-0.2, -0.15) is 5.26 Å². The molecule has 2 aromatic rings. The third-order valence-electron chi connectivity index (χ3n) is 2.48. The monoisotopic (exact) mass is 217 g/mol. The van der Waals surface area contributed by atoms with E-state index >= 15 is 0 Å². The average Bonchev–Trinajstić information content (AvgIpc) is 2.55. The fourth-order valence-electron chi connectivity index (χ4n) is 1.89. The highest BCUT2D eigenvalue weighted by Gasteiger charge is 2.13. The maximum Gasteiger partial charge on any atom is 0.125 e. The molecule has 1 aromatic heterocycles. The minimum absolute atomic E-state index is 0.207. The minimum atomic E-state index is -0.301. The lowest BCUT2D eigenvalue weighted by molar-refractivity contribution is 0.593. The van der Waals surface area contributed by atoms with Crippen molar-refractivity contribution in [3.05, 3.63) is 29.8 Å². The van der Waals surface area contributed by atoms with E-state index in [0.29, 0.717) is 11.3 Å². The van der Waals surface area contributed by atoms with Gasteiger partial charge in [-0.05, 0) is 26.0 Å². The molecule has 0 fully saturated rings. The van der Waals surface area contributed by atoms with E-state index in [4.69, 9.17) is 5.26 Å². The average molecular weight is 217 g/mol. The lowest BCUT2D eigenvalue weighted by Gasteiger charge is -2.11. The van der Waals surface area contributed by atoms with Gasteiger partial charge in [-0.3, -0.25) is 0 Å². The van der Waals surface area contributed by atoms with Crippen LogP contribution in [0, 0.1) is 17.1 Å². The van der Waals surface area contributed by atoms with Gasteiger partial charge in [-0.25, -0.2) is 9.37 Å². The summed E-state index contributed by atoms with van der Waals surface area (Å²) >= 11 is 0. The Hall–Kier alpha value is -1.89. The number of imidazole rings is 1. The van der Waals surface area contributed by atoms with Crippen LogP contribution in [0.1, 0.15) is 25.7 Å². The molecule has 0 N–H and O–H groups in total. The smallest absolute Gasteiger partial charge is 0.125 e. The van der Waals surface area contributed by atoms with Gasteiger partial charge in [0.25, 0.3) is 0 Å². The summed E-state index contributed by atoms with van der Waals surface area (Å²) in [6.45, 7) is 4.04. The van der Waals surface area contributed by atoms with Gasteiger partial charge < -0.3 is 4.57 Å². The van der Waals surface area contributed by atoms with Crippen LogP contribution in [0.5, 0.6) is 0 Å². The van der Waals surface area contributed by atoms with Gasteiger partial charge in [0.1, 0.15) is 11.6 Å². The lowest BCUT2D eigenvalue weighted by atomic mass is 10.3. The Bertz CT molecular complexity index is 563. The molecule has 0 saturated heterocycles. The van der Waals surface area contributed by atoms with E-state index in [0.717, 1.165) is 5.52 Å². The lowest BCUT2D eigenvalue weighted by Crippen LogP contribution is -2.05. The summed E-state index contributed by atoms with van der Waals surface area (Å²) in [5.74, 6) is 0.391. The number of hydrogen-bond acceptors (Lipinski definition) is 2. The SMILES string of the molecule is CC(C)n1c(CC#N)nc2cc(F)ccc21. The fraction of sp³-hybridized carbons (Fsp3) is 0.333. The van der Waals surface area contributed by atoms with E-state index in [2.05, 4.69) is 11.1 Å². The predicted octanol–water partition coefficient (Wildman–Crippen LogP) is 2.82. The molecule has 0 aliphatic carbocycles. The van der Waals surface area contributed by atoms with Crippen molar-refractivity contribution < 1.29 is 4.39 Å². The van der Waals surface area contributed by atoms with E-state index in [1.807, 2.05) is 18.4 Å². The molecule has 0 spiro atoms. The second-order valence-corrected chi connectivity index (χ2v) is 3.96. The number of halogens is 1. The Morgan fingerprint density at radius 1 is 1.50 bits per heavy atom. The van der Waals surface area contributed by atoms with Crippen molar-refractivity contribution in [2.45, 2.75) is 26.3 Å². The molecule has 1 aromatic carbocycles. The van der Waals surface area contributed by atoms with E-state index in [1.165, 1.54) is 12.1 Å².